The van der Waals surface area contributed by atoms with Gasteiger partial charge in [-0.05, 0) is 53.7 Å². The van der Waals surface area contributed by atoms with Crippen LogP contribution >= 0.6 is 0 Å². The van der Waals surface area contributed by atoms with Crippen LogP contribution < -0.4 is 14.4 Å². The number of nitrogens with zero attached hydrogens (tertiary/aromatic N) is 6. The van der Waals surface area contributed by atoms with Gasteiger partial charge in [-0.3, -0.25) is 4.79 Å². The van der Waals surface area contributed by atoms with Gasteiger partial charge >= 0.3 is 0 Å². The lowest BCUT2D eigenvalue weighted by Gasteiger charge is -2.35. The van der Waals surface area contributed by atoms with Gasteiger partial charge < -0.3 is 19.3 Å². The fourth-order valence-corrected chi connectivity index (χ4v) is 3.23. The Morgan fingerprint density at radius 2 is 1.38 bits per heavy atom. The first-order chi connectivity index (χ1) is 14.2. The van der Waals surface area contributed by atoms with E-state index < -0.39 is 0 Å². The molecule has 9 nitrogen and oxygen atoms in total. The average molecular weight is 394 g/mol. The molecule has 1 amide bonds. The maximum absolute atomic E-state index is 12.8. The molecule has 4 rings (SSSR count). The summed E-state index contributed by atoms with van der Waals surface area (Å²) in [6.07, 6.45) is 0. The maximum atomic E-state index is 12.8. The van der Waals surface area contributed by atoms with Crippen LogP contribution in [0.25, 0.3) is 5.69 Å². The Morgan fingerprint density at radius 1 is 0.828 bits per heavy atom. The molecule has 1 fully saturated rings. The third-order valence-electron chi connectivity index (χ3n) is 4.91. The van der Waals surface area contributed by atoms with Gasteiger partial charge in [0.15, 0.2) is 0 Å². The molecule has 0 atom stereocenters. The van der Waals surface area contributed by atoms with E-state index in [0.717, 1.165) is 30.3 Å². The van der Waals surface area contributed by atoms with Crippen LogP contribution in [0, 0.1) is 0 Å². The van der Waals surface area contributed by atoms with Crippen molar-refractivity contribution >= 4 is 11.6 Å². The van der Waals surface area contributed by atoms with Crippen molar-refractivity contribution in [1.29, 1.82) is 0 Å². The Hall–Kier alpha value is -3.62. The van der Waals surface area contributed by atoms with Crippen molar-refractivity contribution in [3.63, 3.8) is 0 Å². The molecule has 150 valence electrons. The molecular weight excluding hydrogens is 372 g/mol. The van der Waals surface area contributed by atoms with E-state index in [-0.39, 0.29) is 11.7 Å². The topological polar surface area (TPSA) is 85.6 Å². The van der Waals surface area contributed by atoms with Gasteiger partial charge in [0, 0.05) is 31.9 Å². The van der Waals surface area contributed by atoms with Crippen LogP contribution in [0.1, 0.15) is 10.6 Å². The van der Waals surface area contributed by atoms with Crippen molar-refractivity contribution in [3.05, 3.63) is 54.4 Å². The van der Waals surface area contributed by atoms with Gasteiger partial charge in [0.1, 0.15) is 11.5 Å². The van der Waals surface area contributed by atoms with E-state index >= 15 is 0 Å². The predicted octanol–water partition coefficient (Wildman–Crippen LogP) is 1.64. The summed E-state index contributed by atoms with van der Waals surface area (Å²) in [5, 5.41) is 12.2. The molecule has 9 heteroatoms. The second kappa shape index (κ2) is 8.17. The minimum Gasteiger partial charge on any atom is -0.497 e. The van der Waals surface area contributed by atoms with Crippen LogP contribution in [0.15, 0.2) is 48.5 Å². The summed E-state index contributed by atoms with van der Waals surface area (Å²) in [5.74, 6) is 1.45. The Labute approximate surface area is 168 Å². The summed E-state index contributed by atoms with van der Waals surface area (Å²) in [7, 11) is 3.26. The first-order valence-corrected chi connectivity index (χ1v) is 9.30. The lowest BCUT2D eigenvalue weighted by Crippen LogP contribution is -2.49. The number of carbonyl (C=O) groups is 1. The van der Waals surface area contributed by atoms with E-state index in [4.69, 9.17) is 9.47 Å². The number of piperazine rings is 1. The molecule has 3 aromatic rings. The molecule has 2 aromatic carbocycles. The van der Waals surface area contributed by atoms with Crippen molar-refractivity contribution in [2.24, 2.45) is 0 Å². The average Bonchev–Trinajstić information content (AvgIpc) is 3.29. The standard InChI is InChI=1S/C20H22N6O3/c1-28-17-7-3-15(4-8-17)24-11-13-25(14-12-24)20(27)19-21-23-26(22-19)16-5-9-18(29-2)10-6-16/h3-10H,11-14H2,1-2H3. The highest BCUT2D eigenvalue weighted by molar-refractivity contribution is 5.90. The van der Waals surface area contributed by atoms with Crippen LogP contribution in [-0.4, -0.2) is 71.4 Å². The van der Waals surface area contributed by atoms with Crippen LogP contribution in [0.2, 0.25) is 0 Å². The van der Waals surface area contributed by atoms with Crippen molar-refractivity contribution in [1.82, 2.24) is 25.1 Å². The fraction of sp³-hybridized carbons (Fsp3) is 0.300. The van der Waals surface area contributed by atoms with Gasteiger partial charge in [0.25, 0.3) is 11.7 Å². The number of aromatic nitrogens is 4. The van der Waals surface area contributed by atoms with E-state index in [1.54, 1.807) is 31.3 Å². The van der Waals surface area contributed by atoms with Crippen molar-refractivity contribution < 1.29 is 14.3 Å². The summed E-state index contributed by atoms with van der Waals surface area (Å²) < 4.78 is 10.3. The Balaban J connectivity index is 1.38. The summed E-state index contributed by atoms with van der Waals surface area (Å²) in [6, 6.07) is 15.2. The van der Waals surface area contributed by atoms with E-state index in [0.29, 0.717) is 18.8 Å². The van der Waals surface area contributed by atoms with E-state index in [1.807, 2.05) is 36.4 Å². The summed E-state index contributed by atoms with van der Waals surface area (Å²) in [6.45, 7) is 2.68. The largest absolute Gasteiger partial charge is 0.497 e. The molecule has 0 unspecified atom stereocenters. The number of benzene rings is 2. The second-order valence-corrected chi connectivity index (χ2v) is 6.58. The second-order valence-electron chi connectivity index (χ2n) is 6.58. The minimum absolute atomic E-state index is 0.0960. The monoisotopic (exact) mass is 394 g/mol. The third kappa shape index (κ3) is 3.98. The highest BCUT2D eigenvalue weighted by atomic mass is 16.5. The van der Waals surface area contributed by atoms with Gasteiger partial charge in [-0.2, -0.15) is 0 Å². The molecule has 0 aliphatic carbocycles. The van der Waals surface area contributed by atoms with Gasteiger partial charge in [0.05, 0.1) is 19.9 Å². The van der Waals surface area contributed by atoms with Gasteiger partial charge in [-0.1, -0.05) is 0 Å². The molecule has 0 bridgehead atoms. The lowest BCUT2D eigenvalue weighted by molar-refractivity contribution is 0.0734. The van der Waals surface area contributed by atoms with Crippen LogP contribution in [0.4, 0.5) is 5.69 Å². The van der Waals surface area contributed by atoms with E-state index in [9.17, 15) is 4.79 Å². The van der Waals surface area contributed by atoms with Crippen LogP contribution in [-0.2, 0) is 0 Å². The number of hydrogen-bond acceptors (Lipinski definition) is 7. The molecule has 1 aromatic heterocycles. The molecule has 0 saturated carbocycles. The van der Waals surface area contributed by atoms with Gasteiger partial charge in [-0.15, -0.1) is 15.0 Å². The first kappa shape index (κ1) is 18.7. The number of hydrogen-bond donors (Lipinski definition) is 0. The predicted molar refractivity (Wildman–Crippen MR) is 107 cm³/mol. The number of tetrazole rings is 1. The van der Waals surface area contributed by atoms with E-state index in [2.05, 4.69) is 20.3 Å². The van der Waals surface area contributed by atoms with Gasteiger partial charge in [0.2, 0.25) is 0 Å². The van der Waals surface area contributed by atoms with Crippen LogP contribution in [0.5, 0.6) is 11.5 Å². The highest BCUT2D eigenvalue weighted by Crippen LogP contribution is 2.21. The number of methoxy groups -OCH3 is 2. The van der Waals surface area contributed by atoms with Crippen LogP contribution in [0.3, 0.4) is 0 Å². The van der Waals surface area contributed by atoms with Crippen molar-refractivity contribution in [2.75, 3.05) is 45.3 Å². The Morgan fingerprint density at radius 3 is 1.93 bits per heavy atom. The zero-order valence-electron chi connectivity index (χ0n) is 16.4. The smallest absolute Gasteiger partial charge is 0.295 e. The number of amides is 1. The summed E-state index contributed by atoms with van der Waals surface area (Å²) in [5.41, 5.74) is 1.82. The number of ether oxygens (including phenoxy) is 2. The minimum atomic E-state index is -0.209. The zero-order valence-corrected chi connectivity index (χ0v) is 16.4. The fourth-order valence-electron chi connectivity index (χ4n) is 3.23. The SMILES string of the molecule is COc1ccc(N2CCN(C(=O)c3nnn(-c4ccc(OC)cc4)n3)CC2)cc1. The molecule has 0 radical (unpaired) electrons. The van der Waals surface area contributed by atoms with Gasteiger partial charge in [-0.25, -0.2) is 0 Å². The summed E-state index contributed by atoms with van der Waals surface area (Å²) >= 11 is 0. The Kier molecular flexibility index (Phi) is 5.28. The molecule has 1 aliphatic rings. The molecule has 29 heavy (non-hydrogen) atoms. The molecule has 0 N–H and O–H groups in total. The van der Waals surface area contributed by atoms with Crippen molar-refractivity contribution in [2.45, 2.75) is 0 Å². The Bertz CT molecular complexity index is 963. The maximum Gasteiger partial charge on any atom is 0.295 e. The number of rotatable bonds is 5. The number of carbonyl (C=O) groups excluding carboxylic acids is 1. The molecule has 2 heterocycles. The lowest BCUT2D eigenvalue weighted by atomic mass is 10.2. The molecule has 1 saturated heterocycles. The zero-order chi connectivity index (χ0) is 20.2. The number of anilines is 1. The summed E-state index contributed by atoms with van der Waals surface area (Å²) in [4.78, 5) is 18.1. The first-order valence-electron chi connectivity index (χ1n) is 9.30. The quantitative estimate of drug-likeness (QED) is 0.650. The molecular formula is C20H22N6O3. The highest BCUT2D eigenvalue weighted by Gasteiger charge is 2.25. The third-order valence-corrected chi connectivity index (χ3v) is 4.91. The van der Waals surface area contributed by atoms with E-state index in [1.165, 1.54) is 4.80 Å². The molecule has 1 aliphatic heterocycles. The van der Waals surface area contributed by atoms with Crippen molar-refractivity contribution in [3.8, 4) is 17.2 Å². The normalized spacial score (nSPS) is 14.0. The molecule has 0 spiro atoms.